The number of halogens is 1. The van der Waals surface area contributed by atoms with Crippen LogP contribution >= 0.6 is 23.7 Å². The fourth-order valence-corrected chi connectivity index (χ4v) is 3.94. The maximum Gasteiger partial charge on any atom is 0.226 e. The monoisotopic (exact) mass is 367 g/mol. The number of carbonyl (C=O) groups is 1. The van der Waals surface area contributed by atoms with E-state index in [0.717, 1.165) is 38.2 Å². The number of piperidine rings is 1. The summed E-state index contributed by atoms with van der Waals surface area (Å²) < 4.78 is 22.4. The lowest BCUT2D eigenvalue weighted by Gasteiger charge is -2.38. The Labute approximate surface area is 158 Å². The van der Waals surface area contributed by atoms with Gasteiger partial charge in [-0.1, -0.05) is 31.1 Å². The molecule has 0 aliphatic carbocycles. The molecule has 1 aliphatic rings. The fraction of sp³-hybridized carbons (Fsp3) is 0.421. The van der Waals surface area contributed by atoms with Gasteiger partial charge in [-0.3, -0.25) is 9.69 Å². The summed E-state index contributed by atoms with van der Waals surface area (Å²) in [6.45, 7) is 0.517. The lowest BCUT2D eigenvalue weighted by Crippen LogP contribution is -2.47. The first-order valence-electron chi connectivity index (χ1n) is 9.54. The summed E-state index contributed by atoms with van der Waals surface area (Å²) in [7, 11) is 0. The Morgan fingerprint density at radius 1 is 1.25 bits per heavy atom. The second-order valence-electron chi connectivity index (χ2n) is 5.86. The van der Waals surface area contributed by atoms with Gasteiger partial charge in [-0.05, 0) is 36.4 Å². The Hall–Kier alpha value is -1.36. The van der Waals surface area contributed by atoms with Crippen LogP contribution in [0.1, 0.15) is 35.1 Å². The minimum absolute atomic E-state index is 0. The molecule has 1 aliphatic heterocycles. The van der Waals surface area contributed by atoms with Crippen molar-refractivity contribution >= 4 is 35.3 Å². The lowest BCUT2D eigenvalue weighted by molar-refractivity contribution is -0.119. The number of rotatable bonds is 5. The zero-order valence-corrected chi connectivity index (χ0v) is 15.2. The van der Waals surface area contributed by atoms with Gasteiger partial charge in [-0.15, -0.1) is 23.7 Å². The van der Waals surface area contributed by atoms with Crippen molar-refractivity contribution in [3.8, 4) is 0 Å². The van der Waals surface area contributed by atoms with E-state index in [1.165, 1.54) is 4.88 Å². The molecule has 0 saturated carbocycles. The van der Waals surface area contributed by atoms with Crippen molar-refractivity contribution in [2.75, 3.05) is 18.0 Å². The second-order valence-corrected chi connectivity index (χ2v) is 6.89. The number of amides is 1. The Morgan fingerprint density at radius 2 is 2.00 bits per heavy atom. The molecule has 130 valence electrons. The van der Waals surface area contributed by atoms with Gasteiger partial charge in [0, 0.05) is 46.8 Å². The topological polar surface area (TPSA) is 23.6 Å². The van der Waals surface area contributed by atoms with Gasteiger partial charge in [0.25, 0.3) is 0 Å². The Balaban J connectivity index is 0.00000261. The third-order valence-electron chi connectivity index (χ3n) is 4.34. The van der Waals surface area contributed by atoms with Crippen LogP contribution in [0.15, 0.2) is 47.8 Å². The van der Waals surface area contributed by atoms with Gasteiger partial charge < -0.3 is 4.90 Å². The average Bonchev–Trinajstić information content (AvgIpc) is 3.09. The van der Waals surface area contributed by atoms with Crippen LogP contribution in [-0.2, 0) is 11.3 Å². The molecule has 1 aromatic carbocycles. The van der Waals surface area contributed by atoms with Crippen molar-refractivity contribution in [2.45, 2.75) is 38.7 Å². The summed E-state index contributed by atoms with van der Waals surface area (Å²) in [5.74, 6) is -0.312. The molecule has 1 aromatic heterocycles. The molecule has 2 heterocycles. The van der Waals surface area contributed by atoms with Crippen LogP contribution in [0, 0.1) is 0 Å². The molecular formula is C19H25ClN2OS. The van der Waals surface area contributed by atoms with E-state index in [1.54, 1.807) is 16.2 Å². The predicted octanol–water partition coefficient (Wildman–Crippen LogP) is 4.58. The highest BCUT2D eigenvalue weighted by Crippen LogP contribution is 2.25. The van der Waals surface area contributed by atoms with E-state index >= 15 is 0 Å². The predicted molar refractivity (Wildman–Crippen MR) is 104 cm³/mol. The molecule has 1 fully saturated rings. The summed E-state index contributed by atoms with van der Waals surface area (Å²) >= 11 is 1.76. The normalized spacial score (nSPS) is 18.1. The molecule has 0 unspecified atom stereocenters. The summed E-state index contributed by atoms with van der Waals surface area (Å²) in [5, 5.41) is 2.09. The van der Waals surface area contributed by atoms with Crippen LogP contribution in [-0.4, -0.2) is 29.9 Å². The number of para-hydroxylation sites is 1. The number of hydrogen-bond donors (Lipinski definition) is 0. The molecule has 0 radical (unpaired) electrons. The van der Waals surface area contributed by atoms with Gasteiger partial charge in [0.1, 0.15) is 0 Å². The Bertz CT molecular complexity index is 701. The molecule has 24 heavy (non-hydrogen) atoms. The van der Waals surface area contributed by atoms with Gasteiger partial charge in [-0.2, -0.15) is 0 Å². The molecule has 1 saturated heterocycles. The van der Waals surface area contributed by atoms with Crippen LogP contribution < -0.4 is 4.90 Å². The van der Waals surface area contributed by atoms with Crippen molar-refractivity contribution in [1.82, 2.24) is 4.90 Å². The highest BCUT2D eigenvalue weighted by atomic mass is 35.5. The molecule has 0 spiro atoms. The van der Waals surface area contributed by atoms with Crippen molar-refractivity contribution < 1.29 is 8.91 Å². The minimum Gasteiger partial charge on any atom is -0.309 e. The molecule has 2 aromatic rings. The SMILES string of the molecule is Cl.[2H]C([2H])([2H])CC(=O)N(c1ccccc1)C1CCN(Cc2cccs2)CC1. The molecule has 0 atom stereocenters. The maximum atomic E-state index is 12.8. The van der Waals surface area contributed by atoms with Gasteiger partial charge in [-0.25, -0.2) is 0 Å². The first-order chi connectivity index (χ1) is 12.4. The second kappa shape index (κ2) is 9.21. The summed E-state index contributed by atoms with van der Waals surface area (Å²) in [6, 6.07) is 13.7. The molecular weight excluding hydrogens is 340 g/mol. The first-order valence-corrected chi connectivity index (χ1v) is 8.92. The molecule has 0 N–H and O–H groups in total. The fourth-order valence-electron chi connectivity index (χ4n) is 3.19. The van der Waals surface area contributed by atoms with Crippen LogP contribution in [0.3, 0.4) is 0 Å². The highest BCUT2D eigenvalue weighted by Gasteiger charge is 2.28. The third kappa shape index (κ3) is 4.59. The first kappa shape index (κ1) is 14.9. The Kier molecular flexibility index (Phi) is 5.73. The standard InChI is InChI=1S/C19H24N2OS.ClH/c1-2-19(22)21(16-7-4-3-5-8-16)17-10-12-20(13-11-17)15-18-9-6-14-23-18;/h3-9,14,17H,2,10-13,15H2,1H3;1H/i1D3;. The van der Waals surface area contributed by atoms with E-state index in [9.17, 15) is 4.79 Å². The third-order valence-corrected chi connectivity index (χ3v) is 5.20. The van der Waals surface area contributed by atoms with Gasteiger partial charge >= 0.3 is 0 Å². The highest BCUT2D eigenvalue weighted by molar-refractivity contribution is 7.09. The molecule has 5 heteroatoms. The average molecular weight is 368 g/mol. The van der Waals surface area contributed by atoms with Crippen molar-refractivity contribution in [3.63, 3.8) is 0 Å². The summed E-state index contributed by atoms with van der Waals surface area (Å²) in [4.78, 5) is 18.2. The van der Waals surface area contributed by atoms with Crippen molar-refractivity contribution in [2.24, 2.45) is 0 Å². The van der Waals surface area contributed by atoms with Crippen molar-refractivity contribution in [3.05, 3.63) is 52.7 Å². The number of benzene rings is 1. The quantitative estimate of drug-likeness (QED) is 0.772. The van der Waals surface area contributed by atoms with E-state index in [1.807, 2.05) is 30.3 Å². The maximum absolute atomic E-state index is 12.8. The van der Waals surface area contributed by atoms with Gasteiger partial charge in [0.2, 0.25) is 5.91 Å². The van der Waals surface area contributed by atoms with Crippen LogP contribution in [0.5, 0.6) is 0 Å². The zero-order valence-electron chi connectivity index (χ0n) is 16.6. The molecule has 1 amide bonds. The zero-order chi connectivity index (χ0) is 18.6. The number of hydrogen-bond acceptors (Lipinski definition) is 3. The molecule has 3 nitrogen and oxygen atoms in total. The summed E-state index contributed by atoms with van der Waals surface area (Å²) in [5.41, 5.74) is 0.790. The lowest BCUT2D eigenvalue weighted by atomic mass is 10.0. The van der Waals surface area contributed by atoms with E-state index in [4.69, 9.17) is 4.11 Å². The van der Waals surface area contributed by atoms with Crippen LogP contribution in [0.25, 0.3) is 0 Å². The van der Waals surface area contributed by atoms with Crippen LogP contribution in [0.4, 0.5) is 5.69 Å². The number of carbonyl (C=O) groups excluding carboxylic acids is 1. The van der Waals surface area contributed by atoms with E-state index in [2.05, 4.69) is 22.4 Å². The number of likely N-dealkylation sites (tertiary alicyclic amines) is 1. The molecule has 3 rings (SSSR count). The van der Waals surface area contributed by atoms with Gasteiger partial charge in [0.05, 0.1) is 0 Å². The van der Waals surface area contributed by atoms with E-state index in [0.29, 0.717) is 0 Å². The van der Waals surface area contributed by atoms with Gasteiger partial charge in [0.15, 0.2) is 0 Å². The van der Waals surface area contributed by atoms with E-state index < -0.39 is 13.3 Å². The Morgan fingerprint density at radius 3 is 2.62 bits per heavy atom. The number of thiophene rings is 1. The molecule has 0 bridgehead atoms. The summed E-state index contributed by atoms with van der Waals surface area (Å²) in [6.07, 6.45) is 1.29. The van der Waals surface area contributed by atoms with Crippen LogP contribution in [0.2, 0.25) is 0 Å². The smallest absolute Gasteiger partial charge is 0.226 e. The minimum atomic E-state index is -2.25. The largest absolute Gasteiger partial charge is 0.309 e. The van der Waals surface area contributed by atoms with Crippen molar-refractivity contribution in [1.29, 1.82) is 0 Å². The number of anilines is 1. The van der Waals surface area contributed by atoms with E-state index in [-0.39, 0.29) is 24.4 Å². The number of nitrogens with zero attached hydrogens (tertiary/aromatic N) is 2.